The maximum atomic E-state index is 12.4. The molecule has 1 saturated heterocycles. The molecular formula is C16H20N4O. The quantitative estimate of drug-likeness (QED) is 0.908. The molecule has 1 aliphatic rings. The highest BCUT2D eigenvalue weighted by Crippen LogP contribution is 2.21. The highest BCUT2D eigenvalue weighted by molar-refractivity contribution is 5.96. The van der Waals surface area contributed by atoms with Crippen LogP contribution in [0.1, 0.15) is 19.8 Å². The van der Waals surface area contributed by atoms with Crippen molar-refractivity contribution in [1.29, 1.82) is 0 Å². The Hall–Kier alpha value is -2.14. The zero-order valence-corrected chi connectivity index (χ0v) is 12.1. The Balaban J connectivity index is 1.77. The average molecular weight is 284 g/mol. The van der Waals surface area contributed by atoms with Gasteiger partial charge in [0.05, 0.1) is 17.4 Å². The third-order valence-electron chi connectivity index (χ3n) is 3.90. The van der Waals surface area contributed by atoms with Crippen LogP contribution in [0.25, 0.3) is 5.69 Å². The van der Waals surface area contributed by atoms with Gasteiger partial charge in [0.15, 0.2) is 0 Å². The van der Waals surface area contributed by atoms with E-state index in [1.54, 1.807) is 10.9 Å². The third-order valence-corrected chi connectivity index (χ3v) is 3.90. The lowest BCUT2D eigenvalue weighted by molar-refractivity contribution is -0.119. The van der Waals surface area contributed by atoms with Crippen LogP contribution in [-0.4, -0.2) is 28.3 Å². The van der Waals surface area contributed by atoms with Crippen molar-refractivity contribution in [1.82, 2.24) is 15.1 Å². The van der Waals surface area contributed by atoms with Gasteiger partial charge in [-0.05, 0) is 43.5 Å². The highest BCUT2D eigenvalue weighted by atomic mass is 16.2. The standard InChI is InChI=1S/C16H20N4O/c1-12-7-9-17-14(11-12)16(21)19-13-5-2-3-6-15(13)20-10-4-8-18-20/h2-6,8,10,12,14,17H,7,9,11H2,1H3,(H,19,21). The van der Waals surface area contributed by atoms with Gasteiger partial charge in [0, 0.05) is 12.4 Å². The van der Waals surface area contributed by atoms with Crippen LogP contribution in [-0.2, 0) is 4.79 Å². The second kappa shape index (κ2) is 6.10. The van der Waals surface area contributed by atoms with E-state index in [1.807, 2.05) is 36.5 Å². The summed E-state index contributed by atoms with van der Waals surface area (Å²) in [7, 11) is 0. The molecule has 5 nitrogen and oxygen atoms in total. The minimum absolute atomic E-state index is 0.0288. The summed E-state index contributed by atoms with van der Waals surface area (Å²) < 4.78 is 1.76. The van der Waals surface area contributed by atoms with Gasteiger partial charge in [-0.25, -0.2) is 4.68 Å². The van der Waals surface area contributed by atoms with Gasteiger partial charge in [-0.15, -0.1) is 0 Å². The van der Waals surface area contributed by atoms with E-state index < -0.39 is 0 Å². The summed E-state index contributed by atoms with van der Waals surface area (Å²) in [5, 5.41) is 10.5. The van der Waals surface area contributed by atoms with Crippen molar-refractivity contribution in [3.8, 4) is 5.69 Å². The first kappa shape index (κ1) is 13.8. The summed E-state index contributed by atoms with van der Waals surface area (Å²) in [6, 6.07) is 9.45. The second-order valence-corrected chi connectivity index (χ2v) is 5.59. The maximum absolute atomic E-state index is 12.4. The molecule has 3 rings (SSSR count). The Kier molecular flexibility index (Phi) is 4.01. The lowest BCUT2D eigenvalue weighted by Crippen LogP contribution is -2.45. The molecule has 0 spiro atoms. The molecule has 1 aliphatic heterocycles. The molecule has 2 N–H and O–H groups in total. The van der Waals surface area contributed by atoms with Crippen molar-refractivity contribution in [3.63, 3.8) is 0 Å². The summed E-state index contributed by atoms with van der Waals surface area (Å²) in [5.41, 5.74) is 1.66. The topological polar surface area (TPSA) is 59.0 Å². The number of nitrogens with zero attached hydrogens (tertiary/aromatic N) is 2. The van der Waals surface area contributed by atoms with Crippen LogP contribution in [0.2, 0.25) is 0 Å². The van der Waals surface area contributed by atoms with Crippen molar-refractivity contribution < 1.29 is 4.79 Å². The Labute approximate surface area is 124 Å². The molecule has 0 bridgehead atoms. The normalized spacial score (nSPS) is 22.0. The molecule has 2 unspecified atom stereocenters. The fourth-order valence-corrected chi connectivity index (χ4v) is 2.72. The van der Waals surface area contributed by atoms with Crippen LogP contribution < -0.4 is 10.6 Å². The maximum Gasteiger partial charge on any atom is 0.241 e. The van der Waals surface area contributed by atoms with Crippen molar-refractivity contribution >= 4 is 11.6 Å². The van der Waals surface area contributed by atoms with Gasteiger partial charge in [0.25, 0.3) is 0 Å². The number of piperidine rings is 1. The zero-order chi connectivity index (χ0) is 14.7. The number of hydrogen-bond acceptors (Lipinski definition) is 3. The van der Waals surface area contributed by atoms with E-state index >= 15 is 0 Å². The summed E-state index contributed by atoms with van der Waals surface area (Å²) in [6.45, 7) is 3.10. The van der Waals surface area contributed by atoms with E-state index in [-0.39, 0.29) is 11.9 Å². The number of carbonyl (C=O) groups is 1. The Morgan fingerprint density at radius 1 is 1.38 bits per heavy atom. The molecule has 2 heterocycles. The van der Waals surface area contributed by atoms with Gasteiger partial charge in [-0.3, -0.25) is 4.79 Å². The molecule has 1 amide bonds. The number of nitrogens with one attached hydrogen (secondary N) is 2. The van der Waals surface area contributed by atoms with Gasteiger partial charge in [0.2, 0.25) is 5.91 Å². The van der Waals surface area contributed by atoms with Gasteiger partial charge in [-0.1, -0.05) is 19.1 Å². The zero-order valence-electron chi connectivity index (χ0n) is 12.1. The summed E-state index contributed by atoms with van der Waals surface area (Å²) >= 11 is 0. The molecule has 0 radical (unpaired) electrons. The highest BCUT2D eigenvalue weighted by Gasteiger charge is 2.25. The SMILES string of the molecule is CC1CCNC(C(=O)Nc2ccccc2-n2cccn2)C1. The molecule has 2 atom stereocenters. The number of carbonyl (C=O) groups excluding carboxylic acids is 1. The summed E-state index contributed by atoms with van der Waals surface area (Å²) in [4.78, 5) is 12.4. The van der Waals surface area contributed by atoms with E-state index in [0.29, 0.717) is 5.92 Å². The molecular weight excluding hydrogens is 264 g/mol. The molecule has 2 aromatic rings. The molecule has 110 valence electrons. The Morgan fingerprint density at radius 3 is 3.00 bits per heavy atom. The number of amides is 1. The Bertz CT molecular complexity index is 608. The second-order valence-electron chi connectivity index (χ2n) is 5.59. The molecule has 0 saturated carbocycles. The average Bonchev–Trinajstić information content (AvgIpc) is 3.02. The van der Waals surface area contributed by atoms with E-state index in [0.717, 1.165) is 30.8 Å². The molecule has 1 fully saturated rings. The van der Waals surface area contributed by atoms with Crippen molar-refractivity contribution in [2.45, 2.75) is 25.8 Å². The van der Waals surface area contributed by atoms with Crippen LogP contribution >= 0.6 is 0 Å². The van der Waals surface area contributed by atoms with E-state index in [9.17, 15) is 4.79 Å². The number of aromatic nitrogens is 2. The number of para-hydroxylation sites is 2. The van der Waals surface area contributed by atoms with Crippen molar-refractivity contribution in [2.75, 3.05) is 11.9 Å². The van der Waals surface area contributed by atoms with Gasteiger partial charge in [0.1, 0.15) is 0 Å². The molecule has 5 heteroatoms. The van der Waals surface area contributed by atoms with E-state index in [1.165, 1.54) is 0 Å². The monoisotopic (exact) mass is 284 g/mol. The smallest absolute Gasteiger partial charge is 0.241 e. The molecule has 1 aromatic carbocycles. The number of rotatable bonds is 3. The summed E-state index contributed by atoms with van der Waals surface area (Å²) in [5.74, 6) is 0.615. The first-order chi connectivity index (χ1) is 10.2. The van der Waals surface area contributed by atoms with E-state index in [2.05, 4.69) is 22.7 Å². The van der Waals surface area contributed by atoms with Crippen LogP contribution in [0.3, 0.4) is 0 Å². The largest absolute Gasteiger partial charge is 0.323 e. The van der Waals surface area contributed by atoms with Crippen LogP contribution in [0.5, 0.6) is 0 Å². The van der Waals surface area contributed by atoms with Crippen LogP contribution in [0.15, 0.2) is 42.7 Å². The van der Waals surface area contributed by atoms with Crippen LogP contribution in [0, 0.1) is 5.92 Å². The minimum atomic E-state index is -0.112. The minimum Gasteiger partial charge on any atom is -0.323 e. The first-order valence-corrected chi connectivity index (χ1v) is 7.37. The third kappa shape index (κ3) is 3.13. The molecule has 1 aromatic heterocycles. The molecule has 0 aliphatic carbocycles. The number of anilines is 1. The molecule has 21 heavy (non-hydrogen) atoms. The van der Waals surface area contributed by atoms with Crippen LogP contribution in [0.4, 0.5) is 5.69 Å². The van der Waals surface area contributed by atoms with Gasteiger partial charge in [-0.2, -0.15) is 5.10 Å². The first-order valence-electron chi connectivity index (χ1n) is 7.37. The fraction of sp³-hybridized carbons (Fsp3) is 0.375. The van der Waals surface area contributed by atoms with Crippen molar-refractivity contribution in [2.24, 2.45) is 5.92 Å². The lowest BCUT2D eigenvalue weighted by atomic mass is 9.94. The number of hydrogen-bond donors (Lipinski definition) is 2. The Morgan fingerprint density at radius 2 is 2.24 bits per heavy atom. The van der Waals surface area contributed by atoms with E-state index in [4.69, 9.17) is 0 Å². The lowest BCUT2D eigenvalue weighted by Gasteiger charge is -2.27. The van der Waals surface area contributed by atoms with Crippen molar-refractivity contribution in [3.05, 3.63) is 42.7 Å². The predicted octanol–water partition coefficient (Wildman–Crippen LogP) is 2.20. The fourth-order valence-electron chi connectivity index (χ4n) is 2.72. The predicted molar refractivity (Wildman–Crippen MR) is 82.4 cm³/mol. The van der Waals surface area contributed by atoms with Gasteiger partial charge < -0.3 is 10.6 Å². The summed E-state index contributed by atoms with van der Waals surface area (Å²) in [6.07, 6.45) is 5.61. The van der Waals surface area contributed by atoms with Gasteiger partial charge >= 0.3 is 0 Å². The number of benzene rings is 1.